The van der Waals surface area contributed by atoms with Crippen molar-refractivity contribution in [3.05, 3.63) is 120 Å². The number of carbonyl (C=O) groups excluding carboxylic acids is 2. The summed E-state index contributed by atoms with van der Waals surface area (Å²) in [6, 6.07) is 36.6. The lowest BCUT2D eigenvalue weighted by Crippen LogP contribution is -2.66. The molecule has 0 saturated carbocycles. The Balaban J connectivity index is 1.09. The number of hydrogen-bond acceptors (Lipinski definition) is 8. The second kappa shape index (κ2) is 21.0. The first-order valence-corrected chi connectivity index (χ1v) is 22.1. The smallest absolute Gasteiger partial charge is 0.407 e. The molecule has 0 heterocycles. The molecule has 4 aromatic carbocycles. The maximum Gasteiger partial charge on any atom is 0.407 e. The molecule has 1 aliphatic carbocycles. The third-order valence-electron chi connectivity index (χ3n) is 9.44. The van der Waals surface area contributed by atoms with Gasteiger partial charge in [-0.3, -0.25) is 9.59 Å². The molecule has 292 valence electrons. The third kappa shape index (κ3) is 12.3. The Kier molecular flexibility index (Phi) is 16.0. The number of carboxylic acid groups (broad SMARTS) is 1. The van der Waals surface area contributed by atoms with Crippen LogP contribution in [0.4, 0.5) is 4.79 Å². The number of fused-ring (bicyclic) bond motifs is 3. The van der Waals surface area contributed by atoms with Crippen LogP contribution in [0.15, 0.2) is 109 Å². The van der Waals surface area contributed by atoms with Gasteiger partial charge in [-0.1, -0.05) is 122 Å². The van der Waals surface area contributed by atoms with Crippen LogP contribution in [0.2, 0.25) is 0 Å². The number of benzene rings is 4. The number of alkyl carbamates (subject to hydrolysis) is 1. The molecule has 0 aromatic heterocycles. The summed E-state index contributed by atoms with van der Waals surface area (Å²) in [5, 5.41) is 13.6. The number of carbonyl (C=O) groups is 3. The fourth-order valence-electron chi connectivity index (χ4n) is 6.86. The van der Waals surface area contributed by atoms with Gasteiger partial charge in [-0.05, 0) is 71.5 Å². The largest absolute Gasteiger partial charge is 0.481 e. The van der Waals surface area contributed by atoms with E-state index in [4.69, 9.17) is 23.4 Å². The van der Waals surface area contributed by atoms with Gasteiger partial charge in [0.25, 0.3) is 0 Å². The van der Waals surface area contributed by atoms with Crippen LogP contribution in [0, 0.1) is 0 Å². The number of nitrogens with one attached hydrogen (secondary N) is 1. The normalized spacial score (nSPS) is 12.5. The van der Waals surface area contributed by atoms with Crippen molar-refractivity contribution >= 4 is 48.7 Å². The van der Waals surface area contributed by atoms with Crippen LogP contribution < -0.4 is 15.7 Å². The third-order valence-corrected chi connectivity index (χ3v) is 14.2. The first kappa shape index (κ1) is 41.7. The topological polar surface area (TPSA) is 120 Å². The molecular formula is C44H53NO8SSi. The molecule has 1 aliphatic rings. The highest BCUT2D eigenvalue weighted by atomic mass is 32.2. The van der Waals surface area contributed by atoms with Crippen molar-refractivity contribution in [2.45, 2.75) is 70.3 Å². The lowest BCUT2D eigenvalue weighted by atomic mass is 9.98. The molecule has 9 nitrogen and oxygen atoms in total. The number of unbranched alkanes of at least 4 members (excludes halogenated alkanes) is 3. The number of ether oxygens (including phenoxy) is 2. The zero-order valence-electron chi connectivity index (χ0n) is 31.9. The molecule has 0 bridgehead atoms. The summed E-state index contributed by atoms with van der Waals surface area (Å²) in [5.41, 5.74) is 3.89. The average molecular weight is 784 g/mol. The summed E-state index contributed by atoms with van der Waals surface area (Å²) < 4.78 is 25.1. The van der Waals surface area contributed by atoms with E-state index in [1.54, 1.807) is 0 Å². The van der Waals surface area contributed by atoms with Crippen molar-refractivity contribution in [3.63, 3.8) is 0 Å². The van der Waals surface area contributed by atoms with E-state index in [0.717, 1.165) is 41.8 Å². The molecule has 0 spiro atoms. The van der Waals surface area contributed by atoms with E-state index < -0.39 is 26.2 Å². The summed E-state index contributed by atoms with van der Waals surface area (Å²) in [6.45, 7) is 5.36. The first-order valence-electron chi connectivity index (χ1n) is 19.2. The minimum atomic E-state index is -3.30. The number of esters is 1. The lowest BCUT2D eigenvalue weighted by molar-refractivity contribution is -0.147. The Morgan fingerprint density at radius 3 is 1.91 bits per heavy atom. The summed E-state index contributed by atoms with van der Waals surface area (Å²) >= 11 is 1.54. The molecule has 0 saturated heterocycles. The van der Waals surface area contributed by atoms with Crippen molar-refractivity contribution < 1.29 is 37.8 Å². The fourth-order valence-corrected chi connectivity index (χ4v) is 11.2. The Hall–Kier alpha value is -4.42. The van der Waals surface area contributed by atoms with Gasteiger partial charge in [-0.15, -0.1) is 0 Å². The average Bonchev–Trinajstić information content (AvgIpc) is 3.51. The van der Waals surface area contributed by atoms with Crippen LogP contribution in [0.1, 0.15) is 75.8 Å². The maximum absolute atomic E-state index is 13.0. The van der Waals surface area contributed by atoms with Gasteiger partial charge in [-0.25, -0.2) is 4.79 Å². The summed E-state index contributed by atoms with van der Waals surface area (Å²) in [5.74, 6) is 0.130. The van der Waals surface area contributed by atoms with Crippen molar-refractivity contribution in [2.75, 3.05) is 37.9 Å². The summed E-state index contributed by atoms with van der Waals surface area (Å²) in [7, 11) is -3.30. The predicted octanol–water partition coefficient (Wildman–Crippen LogP) is 7.69. The minimum Gasteiger partial charge on any atom is -0.481 e. The fraction of sp³-hybridized carbons (Fsp3) is 0.386. The molecule has 0 fully saturated rings. The van der Waals surface area contributed by atoms with Crippen molar-refractivity contribution in [3.8, 4) is 11.1 Å². The van der Waals surface area contributed by atoms with Crippen LogP contribution in [0.5, 0.6) is 0 Å². The van der Waals surface area contributed by atoms with E-state index in [1.807, 2.05) is 98.8 Å². The predicted molar refractivity (Wildman–Crippen MR) is 220 cm³/mol. The van der Waals surface area contributed by atoms with Crippen molar-refractivity contribution in [1.29, 1.82) is 0 Å². The van der Waals surface area contributed by atoms with E-state index in [0.29, 0.717) is 31.9 Å². The van der Waals surface area contributed by atoms with E-state index in [2.05, 4.69) is 29.6 Å². The number of rotatable bonds is 23. The minimum absolute atomic E-state index is 0.0300. The quantitative estimate of drug-likeness (QED) is 0.0444. The van der Waals surface area contributed by atoms with Crippen LogP contribution in [-0.2, 0) is 27.9 Å². The molecule has 5 rings (SSSR count). The van der Waals surface area contributed by atoms with Gasteiger partial charge in [0.05, 0.1) is 25.0 Å². The highest BCUT2D eigenvalue weighted by molar-refractivity contribution is 7.99. The zero-order chi connectivity index (χ0) is 38.9. The highest BCUT2D eigenvalue weighted by Gasteiger charge is 2.47. The molecule has 0 unspecified atom stereocenters. The SMILES string of the molecule is CC(C)(CC(=O)OCCCSCCC(=O)O)O[Si](OCCCCCCNC(=O)OCC1c2ccccc2-c2ccccc21)(c1ccccc1)c1ccccc1. The monoisotopic (exact) mass is 783 g/mol. The van der Waals surface area contributed by atoms with Gasteiger partial charge < -0.3 is 28.7 Å². The van der Waals surface area contributed by atoms with Crippen molar-refractivity contribution in [2.24, 2.45) is 0 Å². The Bertz CT molecular complexity index is 1740. The van der Waals surface area contributed by atoms with Gasteiger partial charge in [0.2, 0.25) is 0 Å². The summed E-state index contributed by atoms with van der Waals surface area (Å²) in [4.78, 5) is 36.3. The van der Waals surface area contributed by atoms with Crippen molar-refractivity contribution in [1.82, 2.24) is 5.32 Å². The van der Waals surface area contributed by atoms with Crippen LogP contribution in [0.25, 0.3) is 11.1 Å². The van der Waals surface area contributed by atoms with E-state index >= 15 is 0 Å². The van der Waals surface area contributed by atoms with Crippen LogP contribution >= 0.6 is 11.8 Å². The zero-order valence-corrected chi connectivity index (χ0v) is 33.7. The highest BCUT2D eigenvalue weighted by Crippen LogP contribution is 2.44. The molecule has 0 radical (unpaired) electrons. The molecule has 2 N–H and O–H groups in total. The molecule has 0 atom stereocenters. The number of thioether (sulfide) groups is 1. The number of amides is 1. The standard InChI is InChI=1S/C44H53NO8SSi/c1-44(2,32-42(48)50-28-17-30-54-31-26-41(46)47)53-55(34-18-7-5-8-19-34,35-20-9-6-10-21-35)52-29-16-4-3-15-27-45-43(49)51-33-40-38-24-13-11-22-36(38)37-23-12-14-25-39(37)40/h5-14,18-25,40H,3-4,15-17,26-33H2,1-2H3,(H,45,49)(H,46,47). The number of hydrogen-bond donors (Lipinski definition) is 2. The van der Waals surface area contributed by atoms with E-state index in [-0.39, 0.29) is 31.3 Å². The molecule has 11 heteroatoms. The number of carboxylic acids is 1. The van der Waals surface area contributed by atoms with Gasteiger partial charge >= 0.3 is 26.6 Å². The second-order valence-corrected chi connectivity index (χ2v) is 18.3. The molecule has 4 aromatic rings. The van der Waals surface area contributed by atoms with E-state index in [1.165, 1.54) is 34.0 Å². The summed E-state index contributed by atoms with van der Waals surface area (Å²) in [6.07, 6.45) is 3.86. The van der Waals surface area contributed by atoms with Gasteiger partial charge in [0, 0.05) is 24.8 Å². The van der Waals surface area contributed by atoms with Gasteiger partial charge in [0.1, 0.15) is 6.61 Å². The van der Waals surface area contributed by atoms with Crippen LogP contribution in [0.3, 0.4) is 0 Å². The van der Waals surface area contributed by atoms with E-state index in [9.17, 15) is 14.4 Å². The van der Waals surface area contributed by atoms with Crippen LogP contribution in [-0.4, -0.2) is 75.2 Å². The molecular weight excluding hydrogens is 731 g/mol. The molecule has 1 amide bonds. The first-order chi connectivity index (χ1) is 26.7. The maximum atomic E-state index is 13.0. The van der Waals surface area contributed by atoms with Gasteiger partial charge in [0.15, 0.2) is 0 Å². The van der Waals surface area contributed by atoms with Gasteiger partial charge in [-0.2, -0.15) is 11.8 Å². The Morgan fingerprint density at radius 2 is 1.29 bits per heavy atom. The molecule has 55 heavy (non-hydrogen) atoms. The molecule has 0 aliphatic heterocycles. The number of aliphatic carboxylic acids is 1. The lowest BCUT2D eigenvalue weighted by Gasteiger charge is -2.39. The Labute approximate surface area is 330 Å². The Morgan fingerprint density at radius 1 is 0.709 bits per heavy atom. The second-order valence-electron chi connectivity index (χ2n) is 14.2.